The van der Waals surface area contributed by atoms with Crippen LogP contribution in [0.3, 0.4) is 0 Å². The zero-order valence-corrected chi connectivity index (χ0v) is 12.3. The van der Waals surface area contributed by atoms with Gasteiger partial charge < -0.3 is 15.7 Å². The minimum atomic E-state index is -0.286. The van der Waals surface area contributed by atoms with Crippen LogP contribution in [0.2, 0.25) is 0 Å². The molecule has 1 aliphatic rings. The molecule has 3 nitrogen and oxygen atoms in total. The zero-order valence-electron chi connectivity index (χ0n) is 12.3. The second-order valence-corrected chi connectivity index (χ2v) is 6.24. The number of halogens is 1. The van der Waals surface area contributed by atoms with Gasteiger partial charge in [-0.25, -0.2) is 4.39 Å². The van der Waals surface area contributed by atoms with E-state index < -0.39 is 0 Å². The van der Waals surface area contributed by atoms with Gasteiger partial charge in [-0.05, 0) is 37.8 Å². The van der Waals surface area contributed by atoms with Gasteiger partial charge in [0.15, 0.2) is 0 Å². The van der Waals surface area contributed by atoms with Crippen LogP contribution in [0.4, 0.5) is 4.39 Å². The molecule has 1 aliphatic carbocycles. The van der Waals surface area contributed by atoms with Crippen molar-refractivity contribution in [3.8, 4) is 0 Å². The summed E-state index contributed by atoms with van der Waals surface area (Å²) in [5.74, 6) is 0.547. The normalized spacial score (nSPS) is 25.3. The highest BCUT2D eigenvalue weighted by molar-refractivity contribution is 5.21. The molecule has 1 aromatic carbocycles. The molecule has 0 spiro atoms. The lowest BCUT2D eigenvalue weighted by atomic mass is 9.82. The van der Waals surface area contributed by atoms with Gasteiger partial charge in [0, 0.05) is 24.7 Å². The molecule has 1 aromatic rings. The van der Waals surface area contributed by atoms with Crippen molar-refractivity contribution in [3.63, 3.8) is 0 Å². The highest BCUT2D eigenvalue weighted by Crippen LogP contribution is 2.28. The monoisotopic (exact) mass is 280 g/mol. The fraction of sp³-hybridized carbons (Fsp3) is 0.625. The van der Waals surface area contributed by atoms with Gasteiger partial charge in [0.2, 0.25) is 0 Å². The summed E-state index contributed by atoms with van der Waals surface area (Å²) in [5, 5.41) is 9.30. The van der Waals surface area contributed by atoms with Gasteiger partial charge in [0.05, 0.1) is 6.10 Å². The molecule has 1 saturated carbocycles. The Kier molecular flexibility index (Phi) is 5.13. The number of nitrogens with zero attached hydrogens (tertiary/aromatic N) is 1. The first-order valence-electron chi connectivity index (χ1n) is 7.34. The standard InChI is InChI=1S/C16H25FN2O/c1-11(9-19(2)10-12-7-13(20)8-12)16(18)14-5-3-4-6-15(14)17/h3-6,11-13,16,20H,7-10,18H2,1-2H3. The molecule has 0 radical (unpaired) electrons. The van der Waals surface area contributed by atoms with Gasteiger partial charge in [-0.1, -0.05) is 25.1 Å². The number of aliphatic hydroxyl groups excluding tert-OH is 1. The van der Waals surface area contributed by atoms with Crippen molar-refractivity contribution in [1.29, 1.82) is 0 Å². The number of benzene rings is 1. The van der Waals surface area contributed by atoms with E-state index in [1.807, 2.05) is 6.07 Å². The van der Waals surface area contributed by atoms with Crippen molar-refractivity contribution in [3.05, 3.63) is 35.6 Å². The van der Waals surface area contributed by atoms with Crippen LogP contribution >= 0.6 is 0 Å². The maximum absolute atomic E-state index is 13.7. The third-order valence-corrected chi connectivity index (χ3v) is 4.26. The minimum absolute atomic E-state index is 0.105. The maximum atomic E-state index is 13.7. The number of hydrogen-bond donors (Lipinski definition) is 2. The highest BCUT2D eigenvalue weighted by atomic mass is 19.1. The van der Waals surface area contributed by atoms with E-state index in [1.54, 1.807) is 12.1 Å². The molecule has 0 heterocycles. The SMILES string of the molecule is CC(CN(C)CC1CC(O)C1)C(N)c1ccccc1F. The Morgan fingerprint density at radius 3 is 2.65 bits per heavy atom. The summed E-state index contributed by atoms with van der Waals surface area (Å²) in [4.78, 5) is 2.24. The van der Waals surface area contributed by atoms with Crippen molar-refractivity contribution in [2.75, 3.05) is 20.1 Å². The summed E-state index contributed by atoms with van der Waals surface area (Å²) in [6.45, 7) is 3.87. The molecule has 0 saturated heterocycles. The Morgan fingerprint density at radius 2 is 2.05 bits per heavy atom. The van der Waals surface area contributed by atoms with Gasteiger partial charge in [-0.2, -0.15) is 0 Å². The van der Waals surface area contributed by atoms with Crippen LogP contribution in [-0.4, -0.2) is 36.2 Å². The molecule has 0 aliphatic heterocycles. The molecule has 1 fully saturated rings. The molecule has 2 rings (SSSR count). The maximum Gasteiger partial charge on any atom is 0.127 e. The Hall–Kier alpha value is -0.970. The second kappa shape index (κ2) is 6.66. The third kappa shape index (κ3) is 3.78. The van der Waals surface area contributed by atoms with E-state index in [0.717, 1.165) is 25.9 Å². The van der Waals surface area contributed by atoms with Crippen LogP contribution < -0.4 is 5.73 Å². The van der Waals surface area contributed by atoms with Crippen LogP contribution in [0.1, 0.15) is 31.4 Å². The summed E-state index contributed by atoms with van der Waals surface area (Å²) >= 11 is 0. The van der Waals surface area contributed by atoms with Crippen LogP contribution in [0, 0.1) is 17.7 Å². The highest BCUT2D eigenvalue weighted by Gasteiger charge is 2.28. The van der Waals surface area contributed by atoms with E-state index in [0.29, 0.717) is 11.5 Å². The molecule has 4 heteroatoms. The molecular weight excluding hydrogens is 255 g/mol. The predicted molar refractivity (Wildman–Crippen MR) is 78.7 cm³/mol. The first-order valence-corrected chi connectivity index (χ1v) is 7.34. The van der Waals surface area contributed by atoms with Crippen LogP contribution in [0.15, 0.2) is 24.3 Å². The number of hydrogen-bond acceptors (Lipinski definition) is 3. The van der Waals surface area contributed by atoms with Gasteiger partial charge in [-0.3, -0.25) is 0 Å². The van der Waals surface area contributed by atoms with Gasteiger partial charge in [-0.15, -0.1) is 0 Å². The van der Waals surface area contributed by atoms with Gasteiger partial charge >= 0.3 is 0 Å². The molecule has 0 bridgehead atoms. The summed E-state index contributed by atoms with van der Waals surface area (Å²) in [6.07, 6.45) is 1.70. The molecule has 112 valence electrons. The Labute approximate surface area is 120 Å². The molecule has 2 unspecified atom stereocenters. The fourth-order valence-corrected chi connectivity index (χ4v) is 3.02. The van der Waals surface area contributed by atoms with Crippen molar-refractivity contribution in [1.82, 2.24) is 4.90 Å². The van der Waals surface area contributed by atoms with Crippen molar-refractivity contribution in [2.24, 2.45) is 17.6 Å². The summed E-state index contributed by atoms with van der Waals surface area (Å²) in [6, 6.07) is 6.44. The third-order valence-electron chi connectivity index (χ3n) is 4.26. The van der Waals surface area contributed by atoms with E-state index in [1.165, 1.54) is 6.07 Å². The molecule has 20 heavy (non-hydrogen) atoms. The number of aliphatic hydroxyl groups is 1. The molecular formula is C16H25FN2O. The van der Waals surface area contributed by atoms with Gasteiger partial charge in [0.1, 0.15) is 5.82 Å². The van der Waals surface area contributed by atoms with Crippen molar-refractivity contribution < 1.29 is 9.50 Å². The quantitative estimate of drug-likeness (QED) is 0.839. The first kappa shape index (κ1) is 15.4. The average Bonchev–Trinajstić information content (AvgIpc) is 2.36. The van der Waals surface area contributed by atoms with Crippen molar-refractivity contribution in [2.45, 2.75) is 31.9 Å². The predicted octanol–water partition coefficient (Wildman–Crippen LogP) is 2.16. The molecule has 2 atom stereocenters. The minimum Gasteiger partial charge on any atom is -0.393 e. The average molecular weight is 280 g/mol. The fourth-order valence-electron chi connectivity index (χ4n) is 3.02. The van der Waals surface area contributed by atoms with Crippen molar-refractivity contribution >= 4 is 0 Å². The summed E-state index contributed by atoms with van der Waals surface area (Å²) in [7, 11) is 2.06. The lowest BCUT2D eigenvalue weighted by molar-refractivity contribution is 0.0262. The number of nitrogens with two attached hydrogens (primary N) is 1. The van der Waals surface area contributed by atoms with Gasteiger partial charge in [0.25, 0.3) is 0 Å². The first-order chi connectivity index (χ1) is 9.47. The van der Waals surface area contributed by atoms with E-state index in [4.69, 9.17) is 5.73 Å². The molecule has 0 aromatic heterocycles. The second-order valence-electron chi connectivity index (χ2n) is 6.24. The zero-order chi connectivity index (χ0) is 14.7. The van der Waals surface area contributed by atoms with Crippen LogP contribution in [0.25, 0.3) is 0 Å². The molecule has 3 N–H and O–H groups in total. The van der Waals surface area contributed by atoms with Crippen LogP contribution in [0.5, 0.6) is 0 Å². The Bertz CT molecular complexity index is 434. The Balaban J connectivity index is 1.84. The number of rotatable bonds is 6. The summed E-state index contributed by atoms with van der Waals surface area (Å²) in [5.41, 5.74) is 6.77. The lowest BCUT2D eigenvalue weighted by Gasteiger charge is -2.35. The smallest absolute Gasteiger partial charge is 0.127 e. The summed E-state index contributed by atoms with van der Waals surface area (Å²) < 4.78 is 13.7. The van der Waals surface area contributed by atoms with E-state index in [2.05, 4.69) is 18.9 Å². The largest absolute Gasteiger partial charge is 0.393 e. The lowest BCUT2D eigenvalue weighted by Crippen LogP contribution is -2.39. The van der Waals surface area contributed by atoms with Crippen LogP contribution in [-0.2, 0) is 0 Å². The molecule has 0 amide bonds. The van der Waals surface area contributed by atoms with E-state index in [9.17, 15) is 9.50 Å². The van der Waals surface area contributed by atoms with E-state index >= 15 is 0 Å². The topological polar surface area (TPSA) is 49.5 Å². The van der Waals surface area contributed by atoms with E-state index in [-0.39, 0.29) is 23.9 Å². The Morgan fingerprint density at radius 1 is 1.40 bits per heavy atom.